The summed E-state index contributed by atoms with van der Waals surface area (Å²) in [5, 5.41) is 4.18. The van der Waals surface area contributed by atoms with Gasteiger partial charge >= 0.3 is 0 Å². The lowest BCUT2D eigenvalue weighted by atomic mass is 10.1. The molecular formula is C13H17N3S2. The third kappa shape index (κ3) is 2.21. The average Bonchev–Trinajstić information content (AvgIpc) is 2.85. The highest BCUT2D eigenvalue weighted by molar-refractivity contribution is 7.99. The van der Waals surface area contributed by atoms with Gasteiger partial charge in [0.2, 0.25) is 0 Å². The number of fused-ring (bicyclic) bond motifs is 1. The second-order valence-corrected chi connectivity index (χ2v) is 6.80. The summed E-state index contributed by atoms with van der Waals surface area (Å²) in [6.45, 7) is 6.58. The molecule has 18 heavy (non-hydrogen) atoms. The molecule has 2 aromatic heterocycles. The SMILES string of the molecule is CC(C)c1nc2cscc2nc1N1CCSCC1. The molecule has 3 heterocycles. The van der Waals surface area contributed by atoms with Gasteiger partial charge in [0, 0.05) is 35.4 Å². The molecule has 0 spiro atoms. The van der Waals surface area contributed by atoms with Crippen molar-refractivity contribution in [2.75, 3.05) is 29.5 Å². The van der Waals surface area contributed by atoms with Crippen molar-refractivity contribution in [1.29, 1.82) is 0 Å². The summed E-state index contributed by atoms with van der Waals surface area (Å²) >= 11 is 3.71. The number of nitrogens with zero attached hydrogens (tertiary/aromatic N) is 3. The predicted molar refractivity (Wildman–Crippen MR) is 81.0 cm³/mol. The van der Waals surface area contributed by atoms with Crippen LogP contribution in [0.1, 0.15) is 25.5 Å². The molecule has 0 unspecified atom stereocenters. The normalized spacial score (nSPS) is 16.7. The van der Waals surface area contributed by atoms with Crippen LogP contribution in [-0.4, -0.2) is 34.6 Å². The van der Waals surface area contributed by atoms with Crippen LogP contribution in [0, 0.1) is 0 Å². The summed E-state index contributed by atoms with van der Waals surface area (Å²) in [7, 11) is 0. The van der Waals surface area contributed by atoms with Crippen molar-refractivity contribution in [2.24, 2.45) is 0 Å². The van der Waals surface area contributed by atoms with E-state index in [2.05, 4.69) is 29.5 Å². The zero-order valence-electron chi connectivity index (χ0n) is 10.7. The van der Waals surface area contributed by atoms with Crippen molar-refractivity contribution in [3.63, 3.8) is 0 Å². The van der Waals surface area contributed by atoms with E-state index in [9.17, 15) is 0 Å². The van der Waals surface area contributed by atoms with Gasteiger partial charge in [-0.3, -0.25) is 0 Å². The van der Waals surface area contributed by atoms with Crippen molar-refractivity contribution >= 4 is 39.9 Å². The van der Waals surface area contributed by atoms with Gasteiger partial charge in [-0.25, -0.2) is 9.97 Å². The lowest BCUT2D eigenvalue weighted by Gasteiger charge is -2.29. The molecule has 0 bridgehead atoms. The molecule has 96 valence electrons. The van der Waals surface area contributed by atoms with Crippen LogP contribution in [0.4, 0.5) is 5.82 Å². The number of rotatable bonds is 2. The molecule has 3 nitrogen and oxygen atoms in total. The Morgan fingerprint density at radius 1 is 1.11 bits per heavy atom. The molecular weight excluding hydrogens is 262 g/mol. The molecule has 0 atom stereocenters. The molecule has 0 aliphatic carbocycles. The van der Waals surface area contributed by atoms with Gasteiger partial charge in [-0.15, -0.1) is 11.3 Å². The Labute approximate surface area is 116 Å². The number of hydrogen-bond acceptors (Lipinski definition) is 5. The highest BCUT2D eigenvalue weighted by Crippen LogP contribution is 2.29. The highest BCUT2D eigenvalue weighted by atomic mass is 32.2. The third-order valence-electron chi connectivity index (χ3n) is 3.18. The van der Waals surface area contributed by atoms with E-state index in [1.807, 2.05) is 11.8 Å². The second-order valence-electron chi connectivity index (χ2n) is 4.83. The monoisotopic (exact) mass is 279 g/mol. The summed E-state index contributed by atoms with van der Waals surface area (Å²) in [5.41, 5.74) is 3.23. The van der Waals surface area contributed by atoms with Crippen molar-refractivity contribution < 1.29 is 0 Å². The summed E-state index contributed by atoms with van der Waals surface area (Å²) in [6.07, 6.45) is 0. The van der Waals surface area contributed by atoms with Crippen molar-refractivity contribution in [3.05, 3.63) is 16.5 Å². The summed E-state index contributed by atoms with van der Waals surface area (Å²) in [5.74, 6) is 3.92. The molecule has 1 aliphatic heterocycles. The molecule has 0 N–H and O–H groups in total. The Morgan fingerprint density at radius 3 is 2.44 bits per heavy atom. The Bertz CT molecular complexity index is 544. The number of aromatic nitrogens is 2. The zero-order valence-corrected chi connectivity index (χ0v) is 12.4. The fraction of sp³-hybridized carbons (Fsp3) is 0.538. The first kappa shape index (κ1) is 12.2. The van der Waals surface area contributed by atoms with Gasteiger partial charge in [0.25, 0.3) is 0 Å². The van der Waals surface area contributed by atoms with Gasteiger partial charge in [0.15, 0.2) is 5.82 Å². The van der Waals surface area contributed by atoms with E-state index in [1.165, 1.54) is 11.5 Å². The van der Waals surface area contributed by atoms with Crippen LogP contribution in [0.25, 0.3) is 11.0 Å². The third-order valence-corrected chi connectivity index (χ3v) is 4.84. The van der Waals surface area contributed by atoms with Crippen LogP contribution < -0.4 is 4.90 Å². The van der Waals surface area contributed by atoms with Gasteiger partial charge in [-0.1, -0.05) is 13.8 Å². The van der Waals surface area contributed by atoms with E-state index < -0.39 is 0 Å². The molecule has 1 saturated heterocycles. The zero-order chi connectivity index (χ0) is 12.5. The van der Waals surface area contributed by atoms with Gasteiger partial charge < -0.3 is 4.90 Å². The Kier molecular flexibility index (Phi) is 3.43. The molecule has 0 amide bonds. The van der Waals surface area contributed by atoms with Crippen molar-refractivity contribution in [3.8, 4) is 0 Å². The first-order valence-electron chi connectivity index (χ1n) is 6.32. The molecule has 2 aromatic rings. The largest absolute Gasteiger partial charge is 0.353 e. The Balaban J connectivity index is 2.08. The molecule has 3 rings (SSSR count). The molecule has 5 heteroatoms. The van der Waals surface area contributed by atoms with E-state index in [0.29, 0.717) is 5.92 Å². The summed E-state index contributed by atoms with van der Waals surface area (Å²) in [6, 6.07) is 0. The van der Waals surface area contributed by atoms with Crippen LogP contribution in [-0.2, 0) is 0 Å². The number of anilines is 1. The molecule has 0 radical (unpaired) electrons. The fourth-order valence-corrected chi connectivity index (χ4v) is 3.77. The van der Waals surface area contributed by atoms with E-state index in [4.69, 9.17) is 9.97 Å². The highest BCUT2D eigenvalue weighted by Gasteiger charge is 2.20. The summed E-state index contributed by atoms with van der Waals surface area (Å²) in [4.78, 5) is 12.1. The van der Waals surface area contributed by atoms with Crippen LogP contribution in [0.3, 0.4) is 0 Å². The standard InChI is InChI=1S/C13H17N3S2/c1-9(2)12-13(16-3-5-17-6-4-16)15-11-8-18-7-10(11)14-12/h7-9H,3-6H2,1-2H3. The number of hydrogen-bond donors (Lipinski definition) is 0. The topological polar surface area (TPSA) is 29.0 Å². The second kappa shape index (κ2) is 5.05. The first-order valence-corrected chi connectivity index (χ1v) is 8.42. The van der Waals surface area contributed by atoms with Gasteiger partial charge in [0.05, 0.1) is 11.2 Å². The lowest BCUT2D eigenvalue weighted by Crippen LogP contribution is -2.34. The predicted octanol–water partition coefficient (Wildman–Crippen LogP) is 3.37. The lowest BCUT2D eigenvalue weighted by molar-refractivity contribution is 0.775. The maximum atomic E-state index is 4.84. The summed E-state index contributed by atoms with van der Waals surface area (Å²) < 4.78 is 0. The fourth-order valence-electron chi connectivity index (χ4n) is 2.20. The van der Waals surface area contributed by atoms with E-state index in [-0.39, 0.29) is 0 Å². The van der Waals surface area contributed by atoms with Crippen LogP contribution >= 0.6 is 23.1 Å². The van der Waals surface area contributed by atoms with Crippen LogP contribution in [0.5, 0.6) is 0 Å². The minimum atomic E-state index is 0.423. The molecule has 1 fully saturated rings. The van der Waals surface area contributed by atoms with E-state index >= 15 is 0 Å². The van der Waals surface area contributed by atoms with E-state index in [0.717, 1.165) is 35.6 Å². The molecule has 0 saturated carbocycles. The minimum Gasteiger partial charge on any atom is -0.353 e. The van der Waals surface area contributed by atoms with Crippen LogP contribution in [0.15, 0.2) is 10.8 Å². The van der Waals surface area contributed by atoms with E-state index in [1.54, 1.807) is 11.3 Å². The quantitative estimate of drug-likeness (QED) is 0.843. The number of thiophene rings is 1. The molecule has 1 aliphatic rings. The van der Waals surface area contributed by atoms with Crippen molar-refractivity contribution in [2.45, 2.75) is 19.8 Å². The average molecular weight is 279 g/mol. The Hall–Kier alpha value is -0.810. The first-order chi connectivity index (χ1) is 8.75. The smallest absolute Gasteiger partial charge is 0.151 e. The maximum absolute atomic E-state index is 4.84. The van der Waals surface area contributed by atoms with Crippen LogP contribution in [0.2, 0.25) is 0 Å². The van der Waals surface area contributed by atoms with Gasteiger partial charge in [0.1, 0.15) is 5.52 Å². The van der Waals surface area contributed by atoms with Gasteiger partial charge in [-0.05, 0) is 5.92 Å². The van der Waals surface area contributed by atoms with Crippen molar-refractivity contribution in [1.82, 2.24) is 9.97 Å². The number of thioether (sulfide) groups is 1. The molecule has 0 aromatic carbocycles. The maximum Gasteiger partial charge on any atom is 0.151 e. The Morgan fingerprint density at radius 2 is 1.78 bits per heavy atom. The minimum absolute atomic E-state index is 0.423. The van der Waals surface area contributed by atoms with Gasteiger partial charge in [-0.2, -0.15) is 11.8 Å².